The van der Waals surface area contributed by atoms with Gasteiger partial charge in [0.1, 0.15) is 5.82 Å². The first kappa shape index (κ1) is 17.9. The SMILES string of the molecule is CCCC(CCO)CNC(=O)NCc1ccc(C#N)cc1F. The monoisotopic (exact) mass is 307 g/mol. The molecule has 120 valence electrons. The van der Waals surface area contributed by atoms with Gasteiger partial charge in [-0.3, -0.25) is 0 Å². The van der Waals surface area contributed by atoms with Gasteiger partial charge in [0.2, 0.25) is 0 Å². The van der Waals surface area contributed by atoms with Gasteiger partial charge in [0.05, 0.1) is 11.6 Å². The first-order valence-corrected chi connectivity index (χ1v) is 7.41. The van der Waals surface area contributed by atoms with Crippen molar-refractivity contribution in [3.05, 3.63) is 35.1 Å². The molecule has 0 aromatic heterocycles. The van der Waals surface area contributed by atoms with Gasteiger partial charge in [0.15, 0.2) is 0 Å². The maximum atomic E-state index is 13.7. The van der Waals surface area contributed by atoms with Crippen molar-refractivity contribution in [2.45, 2.75) is 32.7 Å². The lowest BCUT2D eigenvalue weighted by Gasteiger charge is -2.16. The maximum absolute atomic E-state index is 13.7. The molecule has 3 N–H and O–H groups in total. The summed E-state index contributed by atoms with van der Waals surface area (Å²) in [7, 11) is 0. The minimum absolute atomic E-state index is 0.0574. The molecule has 0 spiro atoms. The predicted octanol–water partition coefficient (Wildman–Crippen LogP) is 2.30. The van der Waals surface area contributed by atoms with Crippen LogP contribution in [0.25, 0.3) is 0 Å². The number of halogens is 1. The second kappa shape index (κ2) is 9.74. The number of nitrogens with one attached hydrogen (secondary N) is 2. The zero-order chi connectivity index (χ0) is 16.4. The quantitative estimate of drug-likeness (QED) is 0.689. The Morgan fingerprint density at radius 3 is 2.77 bits per heavy atom. The minimum atomic E-state index is -0.511. The number of urea groups is 1. The molecule has 1 rings (SSSR count). The highest BCUT2D eigenvalue weighted by Crippen LogP contribution is 2.10. The standard InChI is InChI=1S/C16H22FN3O2/c1-2-3-12(6-7-21)10-19-16(22)20-11-14-5-4-13(9-18)8-15(14)17/h4-5,8,12,21H,2-3,6-7,10-11H2,1H3,(H2,19,20,22). The van der Waals surface area contributed by atoms with E-state index in [1.54, 1.807) is 0 Å². The van der Waals surface area contributed by atoms with Gasteiger partial charge in [-0.15, -0.1) is 0 Å². The molecule has 0 heterocycles. The van der Waals surface area contributed by atoms with E-state index in [1.807, 2.05) is 6.07 Å². The number of aliphatic hydroxyl groups excluding tert-OH is 1. The van der Waals surface area contributed by atoms with Gasteiger partial charge >= 0.3 is 6.03 Å². The minimum Gasteiger partial charge on any atom is -0.396 e. The molecule has 0 aliphatic rings. The van der Waals surface area contributed by atoms with Gasteiger partial charge in [0, 0.05) is 25.3 Å². The number of aliphatic hydroxyl groups is 1. The molecule has 0 saturated heterocycles. The first-order chi connectivity index (χ1) is 10.6. The number of carbonyl (C=O) groups excluding carboxylic acids is 1. The molecule has 1 atom stereocenters. The fourth-order valence-electron chi connectivity index (χ4n) is 2.17. The second-order valence-electron chi connectivity index (χ2n) is 5.15. The fourth-order valence-corrected chi connectivity index (χ4v) is 2.17. The summed E-state index contributed by atoms with van der Waals surface area (Å²) in [4.78, 5) is 11.7. The van der Waals surface area contributed by atoms with Crippen molar-refractivity contribution in [1.29, 1.82) is 5.26 Å². The van der Waals surface area contributed by atoms with E-state index < -0.39 is 5.82 Å². The fraction of sp³-hybridized carbons (Fsp3) is 0.500. The predicted molar refractivity (Wildman–Crippen MR) is 81.5 cm³/mol. The molecule has 1 unspecified atom stereocenters. The third kappa shape index (κ3) is 6.10. The van der Waals surface area contributed by atoms with Crippen LogP contribution in [-0.4, -0.2) is 24.3 Å². The largest absolute Gasteiger partial charge is 0.396 e. The van der Waals surface area contributed by atoms with Gasteiger partial charge in [-0.1, -0.05) is 19.4 Å². The smallest absolute Gasteiger partial charge is 0.315 e. The molecule has 0 saturated carbocycles. The Labute approximate surface area is 130 Å². The molecular formula is C16H22FN3O2. The van der Waals surface area contributed by atoms with E-state index in [0.29, 0.717) is 18.5 Å². The molecule has 0 radical (unpaired) electrons. The maximum Gasteiger partial charge on any atom is 0.315 e. The van der Waals surface area contributed by atoms with E-state index in [-0.39, 0.29) is 30.7 Å². The van der Waals surface area contributed by atoms with Crippen molar-refractivity contribution in [3.8, 4) is 6.07 Å². The number of rotatable bonds is 8. The van der Waals surface area contributed by atoms with Crippen molar-refractivity contribution in [1.82, 2.24) is 10.6 Å². The Morgan fingerprint density at radius 1 is 1.41 bits per heavy atom. The summed E-state index contributed by atoms with van der Waals surface area (Å²) in [6.07, 6.45) is 2.58. The molecule has 0 fully saturated rings. The molecule has 5 nitrogen and oxygen atoms in total. The molecule has 2 amide bonds. The van der Waals surface area contributed by atoms with Gasteiger partial charge in [0.25, 0.3) is 0 Å². The average Bonchev–Trinajstić information content (AvgIpc) is 2.51. The number of benzene rings is 1. The molecule has 0 aliphatic heterocycles. The van der Waals surface area contributed by atoms with Gasteiger partial charge < -0.3 is 15.7 Å². The summed E-state index contributed by atoms with van der Waals surface area (Å²) >= 11 is 0. The number of nitrogens with zero attached hydrogens (tertiary/aromatic N) is 1. The molecule has 1 aromatic rings. The Kier molecular flexibility index (Phi) is 7.94. The second-order valence-corrected chi connectivity index (χ2v) is 5.15. The van der Waals surface area contributed by atoms with Crippen LogP contribution in [0.4, 0.5) is 9.18 Å². The number of hydrogen-bond donors (Lipinski definition) is 3. The highest BCUT2D eigenvalue weighted by atomic mass is 19.1. The summed E-state index contributed by atoms with van der Waals surface area (Å²) in [5.74, 6) is -0.268. The van der Waals surface area contributed by atoms with Crippen molar-refractivity contribution >= 4 is 6.03 Å². The number of carbonyl (C=O) groups is 1. The number of hydrogen-bond acceptors (Lipinski definition) is 3. The molecule has 22 heavy (non-hydrogen) atoms. The van der Waals surface area contributed by atoms with Crippen LogP contribution in [0.15, 0.2) is 18.2 Å². The van der Waals surface area contributed by atoms with Crippen LogP contribution in [0.1, 0.15) is 37.3 Å². The highest BCUT2D eigenvalue weighted by molar-refractivity contribution is 5.73. The van der Waals surface area contributed by atoms with Gasteiger partial charge in [-0.2, -0.15) is 5.26 Å². The summed E-state index contributed by atoms with van der Waals surface area (Å²) < 4.78 is 13.7. The van der Waals surface area contributed by atoms with E-state index in [1.165, 1.54) is 12.1 Å². The van der Waals surface area contributed by atoms with Crippen LogP contribution in [0.2, 0.25) is 0 Å². The molecule has 1 aromatic carbocycles. The molecule has 0 aliphatic carbocycles. The molecule has 6 heteroatoms. The van der Waals surface area contributed by atoms with E-state index in [0.717, 1.165) is 18.9 Å². The summed E-state index contributed by atoms with van der Waals surface area (Å²) in [6, 6.07) is 5.63. The molecule has 0 bridgehead atoms. The zero-order valence-corrected chi connectivity index (χ0v) is 12.7. The Hall–Kier alpha value is -2.13. The lowest BCUT2D eigenvalue weighted by molar-refractivity contribution is 0.229. The topological polar surface area (TPSA) is 85.2 Å². The number of nitriles is 1. The van der Waals surface area contributed by atoms with E-state index in [4.69, 9.17) is 10.4 Å². The summed E-state index contributed by atoms with van der Waals surface area (Å²) in [5, 5.41) is 22.9. The third-order valence-corrected chi connectivity index (χ3v) is 3.41. The molecular weight excluding hydrogens is 285 g/mol. The Morgan fingerprint density at radius 2 is 2.18 bits per heavy atom. The normalized spacial score (nSPS) is 11.5. The van der Waals surface area contributed by atoms with Crippen LogP contribution in [0, 0.1) is 23.1 Å². The zero-order valence-electron chi connectivity index (χ0n) is 12.7. The number of amides is 2. The van der Waals surface area contributed by atoms with Crippen molar-refractivity contribution in [2.75, 3.05) is 13.2 Å². The Balaban J connectivity index is 2.41. The average molecular weight is 307 g/mol. The van der Waals surface area contributed by atoms with Crippen molar-refractivity contribution in [3.63, 3.8) is 0 Å². The highest BCUT2D eigenvalue weighted by Gasteiger charge is 2.10. The van der Waals surface area contributed by atoms with Crippen LogP contribution in [0.5, 0.6) is 0 Å². The van der Waals surface area contributed by atoms with Gasteiger partial charge in [-0.25, -0.2) is 9.18 Å². The van der Waals surface area contributed by atoms with Crippen LogP contribution in [-0.2, 0) is 6.54 Å². The Bertz CT molecular complexity index is 523. The summed E-state index contributed by atoms with van der Waals surface area (Å²) in [5.41, 5.74) is 0.576. The van der Waals surface area contributed by atoms with Crippen molar-refractivity contribution < 1.29 is 14.3 Å². The van der Waals surface area contributed by atoms with E-state index in [9.17, 15) is 9.18 Å². The third-order valence-electron chi connectivity index (χ3n) is 3.41. The van der Waals surface area contributed by atoms with E-state index >= 15 is 0 Å². The lowest BCUT2D eigenvalue weighted by Crippen LogP contribution is -2.38. The van der Waals surface area contributed by atoms with E-state index in [2.05, 4.69) is 17.6 Å². The van der Waals surface area contributed by atoms with Crippen LogP contribution >= 0.6 is 0 Å². The van der Waals surface area contributed by atoms with Gasteiger partial charge in [-0.05, 0) is 30.9 Å². The van der Waals surface area contributed by atoms with Crippen molar-refractivity contribution in [2.24, 2.45) is 5.92 Å². The van der Waals surface area contributed by atoms with Crippen LogP contribution in [0.3, 0.4) is 0 Å². The summed E-state index contributed by atoms with van der Waals surface area (Å²) in [6.45, 7) is 2.69. The lowest BCUT2D eigenvalue weighted by atomic mass is 10.0. The first-order valence-electron chi connectivity index (χ1n) is 7.41. The van der Waals surface area contributed by atoms with Crippen LogP contribution < -0.4 is 10.6 Å².